The van der Waals surface area contributed by atoms with Crippen molar-refractivity contribution >= 4 is 40.6 Å². The van der Waals surface area contributed by atoms with E-state index in [1.54, 1.807) is 37.7 Å². The molecule has 4 aromatic rings. The number of hydrogen-bond acceptors (Lipinski definition) is 9. The van der Waals surface area contributed by atoms with Gasteiger partial charge in [0.15, 0.2) is 11.5 Å². The van der Waals surface area contributed by atoms with E-state index in [-0.39, 0.29) is 17.3 Å². The molecule has 0 unspecified atom stereocenters. The zero-order chi connectivity index (χ0) is 37.8. The molecule has 4 fully saturated rings. The predicted octanol–water partition coefficient (Wildman–Crippen LogP) is 6.29. The van der Waals surface area contributed by atoms with Gasteiger partial charge in [-0.15, -0.1) is 0 Å². The quantitative estimate of drug-likeness (QED) is 0.185. The fourth-order valence-corrected chi connectivity index (χ4v) is 8.58. The third-order valence-corrected chi connectivity index (χ3v) is 12.0. The van der Waals surface area contributed by atoms with Crippen LogP contribution in [0.1, 0.15) is 76.3 Å². The molecule has 282 valence electrons. The summed E-state index contributed by atoms with van der Waals surface area (Å²) in [6.45, 7) is 3.60. The number of carboxylic acids is 1. The van der Waals surface area contributed by atoms with E-state index in [2.05, 4.69) is 26.9 Å². The van der Waals surface area contributed by atoms with Crippen LogP contribution in [0.5, 0.6) is 17.2 Å². The zero-order valence-electron chi connectivity index (χ0n) is 30.8. The van der Waals surface area contributed by atoms with Gasteiger partial charge in [-0.2, -0.15) is 0 Å². The molecule has 2 saturated heterocycles. The van der Waals surface area contributed by atoms with Crippen molar-refractivity contribution in [3.8, 4) is 17.2 Å². The number of methoxy groups -OCH3 is 1. The number of para-hydroxylation sites is 2. The lowest BCUT2D eigenvalue weighted by Crippen LogP contribution is -2.45. The number of carboxylic acid groups (broad SMARTS) is 1. The van der Waals surface area contributed by atoms with Gasteiger partial charge in [-0.1, -0.05) is 12.1 Å². The first-order valence-corrected chi connectivity index (χ1v) is 19.2. The molecule has 1 N–H and O–H groups in total. The highest BCUT2D eigenvalue weighted by Gasteiger charge is 2.53. The van der Waals surface area contributed by atoms with Gasteiger partial charge in [-0.05, 0) is 123 Å². The lowest BCUT2D eigenvalue weighted by atomic mass is 9.76. The number of anilines is 3. The number of amides is 2. The van der Waals surface area contributed by atoms with Crippen molar-refractivity contribution in [2.75, 3.05) is 54.5 Å². The van der Waals surface area contributed by atoms with E-state index in [1.807, 2.05) is 29.2 Å². The first-order chi connectivity index (χ1) is 26.7. The molecule has 3 aliphatic heterocycles. The Kier molecular flexibility index (Phi) is 8.80. The number of benzene rings is 3. The standard InChI is InChI=1S/C43H43N5O7/c1-54-37-22-29(25-45-18-15-43(16-19-45)26-48(41(51)39(43)49)31-10-8-28(9-11-31)42(52)53)32(27-6-7-27)23-38(37)55-36-14-17-44-24-33(36)40(50)47-21-20-46(30-12-13-30)34-4-2-3-5-35(34)47/h2-5,8-11,14,17,22-24,27,30H,6-7,12-13,15-16,18-21,25-26H2,1H3,(H,52,53). The maximum absolute atomic E-state index is 14.2. The Hall–Kier alpha value is -5.75. The van der Waals surface area contributed by atoms with E-state index < -0.39 is 17.3 Å². The van der Waals surface area contributed by atoms with Crippen molar-refractivity contribution in [2.24, 2.45) is 5.41 Å². The van der Waals surface area contributed by atoms with Crippen molar-refractivity contribution in [2.45, 2.75) is 57.0 Å². The van der Waals surface area contributed by atoms with E-state index in [0.717, 1.165) is 36.3 Å². The summed E-state index contributed by atoms with van der Waals surface area (Å²) >= 11 is 0. The van der Waals surface area contributed by atoms with E-state index in [4.69, 9.17) is 9.47 Å². The Morgan fingerprint density at radius 3 is 2.31 bits per heavy atom. The van der Waals surface area contributed by atoms with Crippen LogP contribution in [0.4, 0.5) is 17.1 Å². The minimum absolute atomic E-state index is 0.128. The summed E-state index contributed by atoms with van der Waals surface area (Å²) in [6, 6.07) is 20.6. The molecular weight excluding hydrogens is 699 g/mol. The minimum atomic E-state index is -1.04. The second-order valence-electron chi connectivity index (χ2n) is 15.4. The van der Waals surface area contributed by atoms with E-state index in [1.165, 1.54) is 35.4 Å². The van der Waals surface area contributed by atoms with Gasteiger partial charge in [-0.25, -0.2) is 4.79 Å². The number of ether oxygens (including phenoxy) is 2. The Morgan fingerprint density at radius 2 is 1.62 bits per heavy atom. The van der Waals surface area contributed by atoms with E-state index in [0.29, 0.717) is 86.0 Å². The van der Waals surface area contributed by atoms with Crippen LogP contribution in [-0.4, -0.2) is 84.4 Å². The monoisotopic (exact) mass is 741 g/mol. The smallest absolute Gasteiger partial charge is 0.335 e. The number of carbonyl (C=O) groups is 4. The van der Waals surface area contributed by atoms with Crippen molar-refractivity contribution < 1.29 is 33.8 Å². The number of piperidine rings is 1. The minimum Gasteiger partial charge on any atom is -0.493 e. The zero-order valence-corrected chi connectivity index (χ0v) is 30.8. The van der Waals surface area contributed by atoms with Gasteiger partial charge in [0.25, 0.3) is 11.8 Å². The molecule has 4 heterocycles. The van der Waals surface area contributed by atoms with Gasteiger partial charge < -0.3 is 29.3 Å². The molecule has 55 heavy (non-hydrogen) atoms. The molecule has 9 rings (SSSR count). The van der Waals surface area contributed by atoms with Gasteiger partial charge in [0.2, 0.25) is 5.78 Å². The number of aromatic carboxylic acids is 1. The number of nitrogens with zero attached hydrogens (tertiary/aromatic N) is 5. The summed E-state index contributed by atoms with van der Waals surface area (Å²) in [5.74, 6) is -0.190. The summed E-state index contributed by atoms with van der Waals surface area (Å²) in [7, 11) is 1.62. The van der Waals surface area contributed by atoms with Gasteiger partial charge in [0, 0.05) is 50.3 Å². The lowest BCUT2D eigenvalue weighted by Gasteiger charge is -2.38. The number of pyridine rings is 1. The molecule has 1 aromatic heterocycles. The Morgan fingerprint density at radius 1 is 0.873 bits per heavy atom. The lowest BCUT2D eigenvalue weighted by molar-refractivity contribution is -0.139. The molecule has 12 nitrogen and oxygen atoms in total. The first-order valence-electron chi connectivity index (χ1n) is 19.2. The third kappa shape index (κ3) is 6.48. The molecule has 1 spiro atoms. The maximum atomic E-state index is 14.2. The number of rotatable bonds is 10. The van der Waals surface area contributed by atoms with Crippen molar-refractivity contribution in [1.29, 1.82) is 0 Å². The molecule has 2 amide bonds. The highest BCUT2D eigenvalue weighted by molar-refractivity contribution is 6.45. The fourth-order valence-electron chi connectivity index (χ4n) is 8.58. The van der Waals surface area contributed by atoms with Gasteiger partial charge in [0.1, 0.15) is 11.3 Å². The number of likely N-dealkylation sites (tertiary alicyclic amines) is 1. The van der Waals surface area contributed by atoms with Gasteiger partial charge in [-0.3, -0.25) is 24.3 Å². The van der Waals surface area contributed by atoms with Crippen LogP contribution >= 0.6 is 0 Å². The van der Waals surface area contributed by atoms with Crippen LogP contribution in [0, 0.1) is 5.41 Å². The topological polar surface area (TPSA) is 133 Å². The highest BCUT2D eigenvalue weighted by atomic mass is 16.5. The predicted molar refractivity (Wildman–Crippen MR) is 205 cm³/mol. The number of hydrogen-bond donors (Lipinski definition) is 1. The van der Waals surface area contributed by atoms with Crippen LogP contribution < -0.4 is 24.2 Å². The maximum Gasteiger partial charge on any atom is 0.335 e. The summed E-state index contributed by atoms with van der Waals surface area (Å²) in [6.07, 6.45) is 8.84. The average Bonchev–Trinajstić information content (AvgIpc) is 4.16. The molecule has 2 aliphatic carbocycles. The van der Waals surface area contributed by atoms with Crippen LogP contribution in [-0.2, 0) is 16.1 Å². The number of ketones is 1. The van der Waals surface area contributed by atoms with Gasteiger partial charge >= 0.3 is 5.97 Å². The molecule has 12 heteroatoms. The van der Waals surface area contributed by atoms with Crippen LogP contribution in [0.15, 0.2) is 79.1 Å². The number of fused-ring (bicyclic) bond motifs is 1. The second-order valence-corrected chi connectivity index (χ2v) is 15.4. The van der Waals surface area contributed by atoms with Gasteiger partial charge in [0.05, 0.1) is 29.5 Å². The Labute approximate surface area is 319 Å². The number of Topliss-reactive ketones (excluding diaryl/α,β-unsaturated/α-hetero) is 1. The summed E-state index contributed by atoms with van der Waals surface area (Å²) in [5.41, 5.74) is 4.58. The number of aromatic nitrogens is 1. The molecule has 5 aliphatic rings. The molecule has 0 radical (unpaired) electrons. The summed E-state index contributed by atoms with van der Waals surface area (Å²) < 4.78 is 12.5. The first kappa shape index (κ1) is 35.0. The third-order valence-electron chi connectivity index (χ3n) is 12.0. The Bertz CT molecular complexity index is 2190. The molecular formula is C43H43N5O7. The second kappa shape index (κ2) is 13.8. The normalized spacial score (nSPS) is 19.5. The fraction of sp³-hybridized carbons (Fsp3) is 0.372. The van der Waals surface area contributed by atoms with Crippen molar-refractivity contribution in [3.05, 3.63) is 101 Å². The molecule has 3 aromatic carbocycles. The van der Waals surface area contributed by atoms with E-state index >= 15 is 0 Å². The highest BCUT2D eigenvalue weighted by Crippen LogP contribution is 2.48. The molecule has 0 atom stereocenters. The Balaban J connectivity index is 0.917. The number of carbonyl (C=O) groups excluding carboxylic acids is 3. The largest absolute Gasteiger partial charge is 0.493 e. The van der Waals surface area contributed by atoms with Crippen molar-refractivity contribution in [3.63, 3.8) is 0 Å². The van der Waals surface area contributed by atoms with E-state index in [9.17, 15) is 24.3 Å². The van der Waals surface area contributed by atoms with Crippen LogP contribution in [0.2, 0.25) is 0 Å². The summed E-state index contributed by atoms with van der Waals surface area (Å²) in [4.78, 5) is 64.5. The molecule has 0 bridgehead atoms. The van der Waals surface area contributed by atoms with Crippen LogP contribution in [0.3, 0.4) is 0 Å². The molecule has 2 saturated carbocycles. The SMILES string of the molecule is COc1cc(CN2CCC3(CC2)CN(c2ccc(C(=O)O)cc2)C(=O)C3=O)c(C2CC2)cc1Oc1ccncc1C(=O)N1CCN(C2CC2)c2ccccc21. The summed E-state index contributed by atoms with van der Waals surface area (Å²) in [5, 5.41) is 9.26. The van der Waals surface area contributed by atoms with Crippen molar-refractivity contribution in [1.82, 2.24) is 9.88 Å². The average molecular weight is 742 g/mol. The van der Waals surface area contributed by atoms with Crippen LogP contribution in [0.25, 0.3) is 0 Å².